The minimum absolute atomic E-state index is 0.0392. The summed E-state index contributed by atoms with van der Waals surface area (Å²) in [5.41, 5.74) is 2.43. The van der Waals surface area contributed by atoms with Gasteiger partial charge in [0.2, 0.25) is 5.91 Å². The van der Waals surface area contributed by atoms with E-state index in [4.69, 9.17) is 0 Å². The molecule has 7 heteroatoms. The fourth-order valence-electron chi connectivity index (χ4n) is 4.16. The van der Waals surface area contributed by atoms with Gasteiger partial charge in [0.15, 0.2) is 0 Å². The summed E-state index contributed by atoms with van der Waals surface area (Å²) in [5, 5.41) is 20.7. The second-order valence-electron chi connectivity index (χ2n) is 8.06. The number of anilines is 1. The van der Waals surface area contributed by atoms with Crippen LogP contribution in [-0.2, 0) is 4.79 Å². The Kier molecular flexibility index (Phi) is 7.50. The summed E-state index contributed by atoms with van der Waals surface area (Å²) in [6.07, 6.45) is 7.43. The van der Waals surface area contributed by atoms with Crippen molar-refractivity contribution in [3.8, 4) is 17.0 Å². The largest absolute Gasteiger partial charge is 0.507 e. The Labute approximate surface area is 183 Å². The Morgan fingerprint density at radius 1 is 1.26 bits per heavy atom. The fraction of sp³-hybridized carbons (Fsp3) is 0.458. The number of benzene rings is 1. The Morgan fingerprint density at radius 2 is 1.97 bits per heavy atom. The summed E-state index contributed by atoms with van der Waals surface area (Å²) < 4.78 is 1.41. The van der Waals surface area contributed by atoms with E-state index in [2.05, 4.69) is 22.3 Å². The number of phenolic OH excluding ortho intramolecular Hbond substituents is 1. The number of nitrogens with one attached hydrogen (secondary N) is 2. The van der Waals surface area contributed by atoms with E-state index in [9.17, 15) is 14.7 Å². The third-order valence-electron chi connectivity index (χ3n) is 6.00. The first kappa shape index (κ1) is 22.6. The third kappa shape index (κ3) is 5.16. The predicted molar refractivity (Wildman–Crippen MR) is 122 cm³/mol. The lowest BCUT2D eigenvalue weighted by atomic mass is 10.0. The molecule has 0 saturated heterocycles. The number of carbonyl (C=O) groups excluding carboxylic acids is 2. The monoisotopic (exact) mass is 424 g/mol. The van der Waals surface area contributed by atoms with Crippen LogP contribution in [0.15, 0.2) is 36.9 Å². The molecule has 1 aliphatic rings. The number of nitrogens with zero attached hydrogens (tertiary/aromatic N) is 2. The van der Waals surface area contributed by atoms with Gasteiger partial charge in [0.25, 0.3) is 0 Å². The highest BCUT2D eigenvalue weighted by atomic mass is 16.3. The Balaban J connectivity index is 1.95. The van der Waals surface area contributed by atoms with Gasteiger partial charge in [0.05, 0.1) is 11.4 Å². The Morgan fingerprint density at radius 3 is 2.61 bits per heavy atom. The van der Waals surface area contributed by atoms with Crippen LogP contribution in [0.2, 0.25) is 0 Å². The normalized spacial score (nSPS) is 14.0. The van der Waals surface area contributed by atoms with Crippen LogP contribution in [0.1, 0.15) is 64.0 Å². The number of phenols is 1. The van der Waals surface area contributed by atoms with Crippen molar-refractivity contribution >= 4 is 17.6 Å². The number of aromatic nitrogens is 2. The van der Waals surface area contributed by atoms with Crippen molar-refractivity contribution < 1.29 is 14.7 Å². The summed E-state index contributed by atoms with van der Waals surface area (Å²) in [6, 6.07) is 6.49. The van der Waals surface area contributed by atoms with E-state index in [1.165, 1.54) is 4.68 Å². The van der Waals surface area contributed by atoms with E-state index in [-0.39, 0.29) is 29.5 Å². The summed E-state index contributed by atoms with van der Waals surface area (Å²) in [5.74, 6) is 0.215. The first-order valence-electron chi connectivity index (χ1n) is 11.1. The molecule has 0 aliphatic heterocycles. The van der Waals surface area contributed by atoms with Gasteiger partial charge in [-0.05, 0) is 49.9 Å². The molecule has 3 rings (SSSR count). The summed E-state index contributed by atoms with van der Waals surface area (Å²) >= 11 is 0. The molecule has 1 heterocycles. The Bertz CT molecular complexity index is 940. The molecule has 7 nitrogen and oxygen atoms in total. The first-order valence-corrected chi connectivity index (χ1v) is 11.1. The molecule has 0 radical (unpaired) electrons. The number of aromatic hydroxyl groups is 1. The van der Waals surface area contributed by atoms with Crippen LogP contribution in [0.25, 0.3) is 11.3 Å². The van der Waals surface area contributed by atoms with Gasteiger partial charge >= 0.3 is 6.03 Å². The minimum atomic E-state index is -0.314. The van der Waals surface area contributed by atoms with E-state index >= 15 is 0 Å². The molecular weight excluding hydrogens is 392 g/mol. The first-order chi connectivity index (χ1) is 15.0. The van der Waals surface area contributed by atoms with Crippen LogP contribution in [0.3, 0.4) is 0 Å². The molecule has 1 aliphatic carbocycles. The van der Waals surface area contributed by atoms with Crippen LogP contribution < -0.4 is 10.6 Å². The zero-order valence-electron chi connectivity index (χ0n) is 18.4. The van der Waals surface area contributed by atoms with Gasteiger partial charge in [-0.2, -0.15) is 9.78 Å². The number of hydrogen-bond donors (Lipinski definition) is 3. The average molecular weight is 425 g/mol. The fourth-order valence-corrected chi connectivity index (χ4v) is 4.16. The van der Waals surface area contributed by atoms with Crippen LogP contribution in [0.4, 0.5) is 10.5 Å². The van der Waals surface area contributed by atoms with Crippen LogP contribution >= 0.6 is 0 Å². The molecule has 1 saturated carbocycles. The molecule has 0 spiro atoms. The van der Waals surface area contributed by atoms with E-state index in [0.717, 1.165) is 44.2 Å². The predicted octanol–water partition coefficient (Wildman–Crippen LogP) is 5.03. The average Bonchev–Trinajstić information content (AvgIpc) is 3.44. The van der Waals surface area contributed by atoms with E-state index in [1.54, 1.807) is 24.3 Å². The Hall–Kier alpha value is -3.09. The molecule has 1 fully saturated rings. The maximum Gasteiger partial charge on any atom is 0.342 e. The topological polar surface area (TPSA) is 96.3 Å². The van der Waals surface area contributed by atoms with Crippen molar-refractivity contribution in [2.75, 3.05) is 11.9 Å². The molecule has 1 aromatic carbocycles. The quantitative estimate of drug-likeness (QED) is 0.409. The highest BCUT2D eigenvalue weighted by molar-refractivity contribution is 5.93. The summed E-state index contributed by atoms with van der Waals surface area (Å²) in [4.78, 5) is 25.2. The smallest absolute Gasteiger partial charge is 0.342 e. The summed E-state index contributed by atoms with van der Waals surface area (Å²) in [6.45, 7) is 7.97. The lowest BCUT2D eigenvalue weighted by molar-refractivity contribution is -0.120. The van der Waals surface area contributed by atoms with E-state index < -0.39 is 0 Å². The molecule has 0 atom stereocenters. The number of rotatable bonds is 8. The van der Waals surface area contributed by atoms with Gasteiger partial charge in [-0.15, -0.1) is 6.58 Å². The van der Waals surface area contributed by atoms with Crippen LogP contribution in [0.5, 0.6) is 5.75 Å². The van der Waals surface area contributed by atoms with Crippen LogP contribution in [-0.4, -0.2) is 33.4 Å². The lowest BCUT2D eigenvalue weighted by Gasteiger charge is -2.13. The van der Waals surface area contributed by atoms with Crippen molar-refractivity contribution in [1.29, 1.82) is 0 Å². The molecule has 2 amide bonds. The highest BCUT2D eigenvalue weighted by Crippen LogP contribution is 2.38. The van der Waals surface area contributed by atoms with Gasteiger partial charge in [-0.25, -0.2) is 4.79 Å². The molecule has 166 valence electrons. The maximum atomic E-state index is 12.7. The number of amides is 2. The zero-order chi connectivity index (χ0) is 22.4. The molecule has 0 bridgehead atoms. The SMILES string of the molecule is C=CCNC(=O)n1nc(-c2cc(NC(=O)C(CC)CC)ccc2O)cc1C1CCCC1. The highest BCUT2D eigenvalue weighted by Gasteiger charge is 2.26. The van der Waals surface area contributed by atoms with Crippen molar-refractivity contribution in [2.24, 2.45) is 5.92 Å². The zero-order valence-corrected chi connectivity index (χ0v) is 18.4. The van der Waals surface area contributed by atoms with Gasteiger partial charge in [0.1, 0.15) is 5.75 Å². The van der Waals surface area contributed by atoms with Gasteiger partial charge < -0.3 is 15.7 Å². The van der Waals surface area contributed by atoms with Gasteiger partial charge in [-0.1, -0.05) is 32.8 Å². The minimum Gasteiger partial charge on any atom is -0.507 e. The second kappa shape index (κ2) is 10.3. The third-order valence-corrected chi connectivity index (χ3v) is 6.00. The maximum absolute atomic E-state index is 12.7. The second-order valence-corrected chi connectivity index (χ2v) is 8.06. The lowest BCUT2D eigenvalue weighted by Crippen LogP contribution is -2.31. The molecule has 1 aromatic heterocycles. The van der Waals surface area contributed by atoms with Crippen molar-refractivity contribution in [3.63, 3.8) is 0 Å². The van der Waals surface area contributed by atoms with Gasteiger partial charge in [-0.3, -0.25) is 4.79 Å². The molecule has 2 aromatic rings. The van der Waals surface area contributed by atoms with E-state index in [1.807, 2.05) is 19.9 Å². The van der Waals surface area contributed by atoms with Gasteiger partial charge in [0, 0.05) is 29.6 Å². The molecule has 0 unspecified atom stereocenters. The van der Waals surface area contributed by atoms with E-state index in [0.29, 0.717) is 23.5 Å². The van der Waals surface area contributed by atoms with Crippen molar-refractivity contribution in [1.82, 2.24) is 15.1 Å². The van der Waals surface area contributed by atoms with Crippen molar-refractivity contribution in [2.45, 2.75) is 58.3 Å². The standard InChI is InChI=1S/C24H32N4O3/c1-4-13-25-24(31)28-21(17-9-7-8-10-17)15-20(27-28)19-14-18(11-12-22(19)29)26-23(30)16(5-2)6-3/h4,11-12,14-17,29H,1,5-10,13H2,2-3H3,(H,25,31)(H,26,30). The molecular formula is C24H32N4O3. The van der Waals surface area contributed by atoms with Crippen LogP contribution in [0, 0.1) is 5.92 Å². The number of hydrogen-bond acceptors (Lipinski definition) is 4. The number of carbonyl (C=O) groups is 2. The molecule has 31 heavy (non-hydrogen) atoms. The summed E-state index contributed by atoms with van der Waals surface area (Å²) in [7, 11) is 0. The molecule has 3 N–H and O–H groups in total. The van der Waals surface area contributed by atoms with Crippen molar-refractivity contribution in [3.05, 3.63) is 42.6 Å².